The number of hydrogen-bond acceptors (Lipinski definition) is 3. The summed E-state index contributed by atoms with van der Waals surface area (Å²) < 4.78 is 5.41. The minimum atomic E-state index is -0.376. The molecule has 0 aliphatic heterocycles. The highest BCUT2D eigenvalue weighted by molar-refractivity contribution is 6.18. The summed E-state index contributed by atoms with van der Waals surface area (Å²) in [6.45, 7) is 0. The van der Waals surface area contributed by atoms with Gasteiger partial charge in [-0.15, -0.1) is 0 Å². The van der Waals surface area contributed by atoms with Crippen LogP contribution in [0.5, 0.6) is 0 Å². The van der Waals surface area contributed by atoms with E-state index in [1.54, 1.807) is 12.1 Å². The summed E-state index contributed by atoms with van der Waals surface area (Å²) in [6, 6.07) is 16.6. The molecule has 0 fully saturated rings. The second-order valence-electron chi connectivity index (χ2n) is 5.00. The fourth-order valence-electron chi connectivity index (χ4n) is 2.75. The monoisotopic (exact) mass is 274 g/mol. The van der Waals surface area contributed by atoms with Crippen molar-refractivity contribution in [3.8, 4) is 0 Å². The van der Waals surface area contributed by atoms with Crippen molar-refractivity contribution in [3.63, 3.8) is 0 Å². The van der Waals surface area contributed by atoms with Gasteiger partial charge in [0.2, 0.25) is 0 Å². The van der Waals surface area contributed by atoms with Gasteiger partial charge in [-0.2, -0.15) is 0 Å². The molecule has 1 heterocycles. The molecular weight excluding hydrogens is 264 g/mol. The zero-order valence-corrected chi connectivity index (χ0v) is 11.0. The Labute approximate surface area is 119 Å². The van der Waals surface area contributed by atoms with Crippen molar-refractivity contribution in [1.82, 2.24) is 0 Å². The third-order valence-corrected chi connectivity index (χ3v) is 3.75. The number of aldehydes is 1. The molecule has 0 radical (unpaired) electrons. The number of carbonyl (C=O) groups excluding carboxylic acids is 1. The van der Waals surface area contributed by atoms with E-state index in [1.807, 2.05) is 36.4 Å². The molecule has 0 bridgehead atoms. The molecular formula is C18H10O3. The van der Waals surface area contributed by atoms with E-state index in [0.717, 1.165) is 33.2 Å². The topological polar surface area (TPSA) is 47.3 Å². The van der Waals surface area contributed by atoms with E-state index in [1.165, 1.54) is 6.07 Å². The molecule has 3 nitrogen and oxygen atoms in total. The Hall–Kier alpha value is -2.94. The Balaban J connectivity index is 2.34. The smallest absolute Gasteiger partial charge is 0.336 e. The molecule has 4 rings (SSSR count). The van der Waals surface area contributed by atoms with E-state index in [0.29, 0.717) is 11.1 Å². The van der Waals surface area contributed by atoms with Gasteiger partial charge in [0.05, 0.1) is 0 Å². The zero-order chi connectivity index (χ0) is 14.4. The fourth-order valence-corrected chi connectivity index (χ4v) is 2.75. The summed E-state index contributed by atoms with van der Waals surface area (Å²) in [5.74, 6) is 0. The van der Waals surface area contributed by atoms with Gasteiger partial charge in [-0.3, -0.25) is 4.79 Å². The molecule has 0 unspecified atom stereocenters. The molecule has 0 aliphatic rings. The van der Waals surface area contributed by atoms with Crippen LogP contribution in [0.15, 0.2) is 63.8 Å². The Bertz CT molecular complexity index is 1070. The predicted octanol–water partition coefficient (Wildman–Crippen LogP) is 3.91. The van der Waals surface area contributed by atoms with Gasteiger partial charge in [-0.25, -0.2) is 4.79 Å². The lowest BCUT2D eigenvalue weighted by Gasteiger charge is -2.07. The van der Waals surface area contributed by atoms with Crippen LogP contribution in [0.2, 0.25) is 0 Å². The van der Waals surface area contributed by atoms with E-state index in [9.17, 15) is 9.59 Å². The lowest BCUT2D eigenvalue weighted by Crippen LogP contribution is -1.95. The predicted molar refractivity (Wildman–Crippen MR) is 82.9 cm³/mol. The summed E-state index contributed by atoms with van der Waals surface area (Å²) in [6.07, 6.45) is 0.819. The van der Waals surface area contributed by atoms with E-state index in [4.69, 9.17) is 4.42 Å². The molecule has 3 heteroatoms. The van der Waals surface area contributed by atoms with Crippen LogP contribution in [0.3, 0.4) is 0 Å². The number of carbonyl (C=O) groups is 1. The van der Waals surface area contributed by atoms with E-state index < -0.39 is 0 Å². The van der Waals surface area contributed by atoms with Crippen molar-refractivity contribution < 1.29 is 9.21 Å². The minimum absolute atomic E-state index is 0.376. The van der Waals surface area contributed by atoms with Crippen LogP contribution >= 0.6 is 0 Å². The van der Waals surface area contributed by atoms with Crippen LogP contribution in [-0.4, -0.2) is 6.29 Å². The highest BCUT2D eigenvalue weighted by Gasteiger charge is 2.08. The molecule has 3 aromatic carbocycles. The van der Waals surface area contributed by atoms with Crippen LogP contribution < -0.4 is 5.63 Å². The maximum atomic E-state index is 11.6. The van der Waals surface area contributed by atoms with Gasteiger partial charge < -0.3 is 4.42 Å². The summed E-state index contributed by atoms with van der Waals surface area (Å²) in [5, 5.41) is 4.63. The molecule has 1 aromatic heterocycles. The Morgan fingerprint density at radius 3 is 2.29 bits per heavy atom. The van der Waals surface area contributed by atoms with E-state index in [2.05, 4.69) is 0 Å². The first-order valence-corrected chi connectivity index (χ1v) is 6.61. The molecule has 100 valence electrons. The maximum Gasteiger partial charge on any atom is 0.336 e. The highest BCUT2D eigenvalue weighted by atomic mass is 16.4. The molecule has 0 N–H and O–H groups in total. The lowest BCUT2D eigenvalue weighted by atomic mass is 9.98. The van der Waals surface area contributed by atoms with Gasteiger partial charge in [-0.1, -0.05) is 36.4 Å². The van der Waals surface area contributed by atoms with Crippen molar-refractivity contribution in [3.05, 3.63) is 70.6 Å². The molecule has 0 saturated carbocycles. The summed E-state index contributed by atoms with van der Waals surface area (Å²) in [4.78, 5) is 22.6. The van der Waals surface area contributed by atoms with Gasteiger partial charge in [0.1, 0.15) is 11.9 Å². The molecule has 0 atom stereocenters. The number of benzene rings is 3. The first-order chi connectivity index (χ1) is 10.3. The fraction of sp³-hybridized carbons (Fsp3) is 0. The van der Waals surface area contributed by atoms with Crippen LogP contribution in [0.4, 0.5) is 0 Å². The molecule has 21 heavy (non-hydrogen) atoms. The Kier molecular flexibility index (Phi) is 2.42. The first-order valence-electron chi connectivity index (χ1n) is 6.61. The van der Waals surface area contributed by atoms with E-state index in [-0.39, 0.29) is 5.63 Å². The lowest BCUT2D eigenvalue weighted by molar-refractivity contribution is 0.112. The quantitative estimate of drug-likeness (QED) is 0.300. The van der Waals surface area contributed by atoms with Gasteiger partial charge in [0, 0.05) is 22.4 Å². The number of rotatable bonds is 1. The van der Waals surface area contributed by atoms with Crippen LogP contribution in [0.25, 0.3) is 32.5 Å². The summed E-state index contributed by atoms with van der Waals surface area (Å²) in [7, 11) is 0. The molecule has 0 saturated heterocycles. The average Bonchev–Trinajstić information content (AvgIpc) is 2.53. The van der Waals surface area contributed by atoms with Gasteiger partial charge >= 0.3 is 5.63 Å². The number of hydrogen-bond donors (Lipinski definition) is 0. The molecule has 0 spiro atoms. The zero-order valence-electron chi connectivity index (χ0n) is 11.0. The van der Waals surface area contributed by atoms with Crippen LogP contribution in [0, 0.1) is 0 Å². The van der Waals surface area contributed by atoms with Crippen molar-refractivity contribution in [2.75, 3.05) is 0 Å². The van der Waals surface area contributed by atoms with Crippen molar-refractivity contribution in [2.24, 2.45) is 0 Å². The third-order valence-electron chi connectivity index (χ3n) is 3.75. The SMILES string of the molecule is O=Cc1ccc2ccc3ccc4ccc(=O)oc4c3c2c1. The molecule has 4 aromatic rings. The van der Waals surface area contributed by atoms with Crippen molar-refractivity contribution >= 4 is 38.8 Å². The highest BCUT2D eigenvalue weighted by Crippen LogP contribution is 2.31. The summed E-state index contributed by atoms with van der Waals surface area (Å²) >= 11 is 0. The summed E-state index contributed by atoms with van der Waals surface area (Å²) in [5.41, 5.74) is 0.789. The van der Waals surface area contributed by atoms with Gasteiger partial charge in [0.15, 0.2) is 0 Å². The minimum Gasteiger partial charge on any atom is -0.422 e. The maximum absolute atomic E-state index is 11.6. The van der Waals surface area contributed by atoms with E-state index >= 15 is 0 Å². The van der Waals surface area contributed by atoms with Crippen LogP contribution in [-0.2, 0) is 0 Å². The Morgan fingerprint density at radius 1 is 0.810 bits per heavy atom. The third kappa shape index (κ3) is 1.75. The van der Waals surface area contributed by atoms with Crippen molar-refractivity contribution in [2.45, 2.75) is 0 Å². The second kappa shape index (κ2) is 4.28. The molecule has 0 amide bonds. The van der Waals surface area contributed by atoms with Crippen LogP contribution in [0.1, 0.15) is 10.4 Å². The normalized spacial score (nSPS) is 11.2. The van der Waals surface area contributed by atoms with Gasteiger partial charge in [0.25, 0.3) is 0 Å². The standard InChI is InChI=1S/C18H10O3/c19-10-11-1-2-12-3-4-13-5-6-14-7-8-16(20)21-18(14)17(13)15(12)9-11/h1-10H. The Morgan fingerprint density at radius 2 is 1.48 bits per heavy atom. The van der Waals surface area contributed by atoms with Gasteiger partial charge in [-0.05, 0) is 28.3 Å². The van der Waals surface area contributed by atoms with Crippen molar-refractivity contribution in [1.29, 1.82) is 0 Å². The average molecular weight is 274 g/mol. The molecule has 0 aliphatic carbocycles. The first kappa shape index (κ1) is 11.9. The largest absolute Gasteiger partial charge is 0.422 e. The number of fused-ring (bicyclic) bond motifs is 5. The second-order valence-corrected chi connectivity index (χ2v) is 5.00.